The lowest BCUT2D eigenvalue weighted by atomic mass is 9.89. The third-order valence-corrected chi connectivity index (χ3v) is 4.17. The first kappa shape index (κ1) is 14.1. The van der Waals surface area contributed by atoms with Crippen LogP contribution in [0.25, 0.3) is 0 Å². The minimum Gasteiger partial charge on any atom is -0.368 e. The summed E-state index contributed by atoms with van der Waals surface area (Å²) in [5.74, 6) is 0.563. The molecule has 0 bridgehead atoms. The SMILES string of the molecule is CCC(C(N)=O)N1CCC(Cc2ccccc2)CC1. The van der Waals surface area contributed by atoms with Crippen molar-refractivity contribution in [3.63, 3.8) is 0 Å². The van der Waals surface area contributed by atoms with Gasteiger partial charge in [-0.3, -0.25) is 9.69 Å². The maximum absolute atomic E-state index is 11.4. The van der Waals surface area contributed by atoms with Crippen LogP contribution in [0.15, 0.2) is 30.3 Å². The van der Waals surface area contributed by atoms with Crippen molar-refractivity contribution in [1.29, 1.82) is 0 Å². The third kappa shape index (κ3) is 3.80. The van der Waals surface area contributed by atoms with Crippen LogP contribution in [0.2, 0.25) is 0 Å². The van der Waals surface area contributed by atoms with Crippen molar-refractivity contribution in [2.75, 3.05) is 13.1 Å². The lowest BCUT2D eigenvalue weighted by Crippen LogP contribution is -2.48. The zero-order valence-corrected chi connectivity index (χ0v) is 11.7. The number of carbonyl (C=O) groups is 1. The van der Waals surface area contributed by atoms with Crippen molar-refractivity contribution in [2.24, 2.45) is 11.7 Å². The molecule has 0 radical (unpaired) electrons. The summed E-state index contributed by atoms with van der Waals surface area (Å²) in [6.45, 7) is 4.03. The van der Waals surface area contributed by atoms with Crippen LogP contribution in [-0.2, 0) is 11.2 Å². The molecular formula is C16H24N2O. The Hall–Kier alpha value is -1.35. The molecule has 1 aromatic carbocycles. The Morgan fingerprint density at radius 1 is 1.32 bits per heavy atom. The fraction of sp³-hybridized carbons (Fsp3) is 0.562. The molecule has 19 heavy (non-hydrogen) atoms. The minimum absolute atomic E-state index is 0.0716. The van der Waals surface area contributed by atoms with Gasteiger partial charge in [-0.15, -0.1) is 0 Å². The first-order chi connectivity index (χ1) is 9.20. The number of piperidine rings is 1. The van der Waals surface area contributed by atoms with Crippen LogP contribution in [0.4, 0.5) is 0 Å². The van der Waals surface area contributed by atoms with Gasteiger partial charge in [0, 0.05) is 0 Å². The molecule has 1 aliphatic rings. The van der Waals surface area contributed by atoms with E-state index >= 15 is 0 Å². The number of hydrogen-bond donors (Lipinski definition) is 1. The molecule has 1 amide bonds. The van der Waals surface area contributed by atoms with E-state index in [1.165, 1.54) is 18.4 Å². The largest absolute Gasteiger partial charge is 0.368 e. The number of hydrogen-bond acceptors (Lipinski definition) is 2. The summed E-state index contributed by atoms with van der Waals surface area (Å²) in [4.78, 5) is 13.6. The van der Waals surface area contributed by atoms with Crippen molar-refractivity contribution >= 4 is 5.91 Å². The molecule has 1 unspecified atom stereocenters. The van der Waals surface area contributed by atoms with Crippen LogP contribution in [0, 0.1) is 5.92 Å². The number of primary amides is 1. The first-order valence-corrected chi connectivity index (χ1v) is 7.28. The summed E-state index contributed by atoms with van der Waals surface area (Å²) in [5, 5.41) is 0. The van der Waals surface area contributed by atoms with E-state index in [0.29, 0.717) is 0 Å². The molecule has 2 rings (SSSR count). The van der Waals surface area contributed by atoms with Gasteiger partial charge in [0.15, 0.2) is 0 Å². The maximum atomic E-state index is 11.4. The van der Waals surface area contributed by atoms with E-state index < -0.39 is 0 Å². The average Bonchev–Trinajstić information content (AvgIpc) is 2.42. The summed E-state index contributed by atoms with van der Waals surface area (Å²) in [6.07, 6.45) is 4.30. The zero-order valence-electron chi connectivity index (χ0n) is 11.7. The molecule has 1 fully saturated rings. The predicted octanol–water partition coefficient (Wildman–Crippen LogP) is 2.21. The molecule has 104 valence electrons. The second-order valence-corrected chi connectivity index (χ2v) is 5.50. The molecule has 2 N–H and O–H groups in total. The van der Waals surface area contributed by atoms with E-state index in [1.807, 2.05) is 6.92 Å². The zero-order chi connectivity index (χ0) is 13.7. The van der Waals surface area contributed by atoms with Crippen LogP contribution >= 0.6 is 0 Å². The smallest absolute Gasteiger partial charge is 0.234 e. The van der Waals surface area contributed by atoms with Crippen LogP contribution in [0.3, 0.4) is 0 Å². The normalized spacial score (nSPS) is 19.2. The highest BCUT2D eigenvalue weighted by Gasteiger charge is 2.27. The molecular weight excluding hydrogens is 236 g/mol. The van der Waals surface area contributed by atoms with E-state index in [0.717, 1.165) is 31.8 Å². The van der Waals surface area contributed by atoms with Gasteiger partial charge in [-0.25, -0.2) is 0 Å². The molecule has 0 spiro atoms. The number of rotatable bonds is 5. The molecule has 1 saturated heterocycles. The summed E-state index contributed by atoms with van der Waals surface area (Å²) >= 11 is 0. The van der Waals surface area contributed by atoms with Crippen LogP contribution in [0.5, 0.6) is 0 Å². The van der Waals surface area contributed by atoms with Gasteiger partial charge in [0.2, 0.25) is 5.91 Å². The molecule has 1 aliphatic heterocycles. The predicted molar refractivity (Wildman–Crippen MR) is 77.7 cm³/mol. The second kappa shape index (κ2) is 6.71. The molecule has 0 aromatic heterocycles. The lowest BCUT2D eigenvalue weighted by molar-refractivity contribution is -0.123. The Labute approximate surface area is 115 Å². The van der Waals surface area contributed by atoms with Gasteiger partial charge in [-0.2, -0.15) is 0 Å². The number of nitrogens with zero attached hydrogens (tertiary/aromatic N) is 1. The summed E-state index contributed by atoms with van der Waals surface area (Å²) in [6, 6.07) is 10.6. The van der Waals surface area contributed by atoms with Gasteiger partial charge in [0.05, 0.1) is 6.04 Å². The van der Waals surface area contributed by atoms with Gasteiger partial charge >= 0.3 is 0 Å². The van der Waals surface area contributed by atoms with Crippen molar-refractivity contribution in [2.45, 2.75) is 38.6 Å². The lowest BCUT2D eigenvalue weighted by Gasteiger charge is -2.35. The average molecular weight is 260 g/mol. The molecule has 1 aromatic rings. The van der Waals surface area contributed by atoms with E-state index in [4.69, 9.17) is 5.73 Å². The van der Waals surface area contributed by atoms with Crippen molar-refractivity contribution in [3.8, 4) is 0 Å². The highest BCUT2D eigenvalue weighted by Crippen LogP contribution is 2.23. The fourth-order valence-corrected chi connectivity index (χ4v) is 3.06. The van der Waals surface area contributed by atoms with E-state index in [9.17, 15) is 4.79 Å². The van der Waals surface area contributed by atoms with Gasteiger partial charge in [0.25, 0.3) is 0 Å². The van der Waals surface area contributed by atoms with Gasteiger partial charge < -0.3 is 5.73 Å². The van der Waals surface area contributed by atoms with Crippen molar-refractivity contribution < 1.29 is 4.79 Å². The molecule has 1 atom stereocenters. The van der Waals surface area contributed by atoms with Crippen molar-refractivity contribution in [1.82, 2.24) is 4.90 Å². The quantitative estimate of drug-likeness (QED) is 0.882. The van der Waals surface area contributed by atoms with Crippen LogP contribution in [0.1, 0.15) is 31.7 Å². The standard InChI is InChI=1S/C16H24N2O/c1-2-15(16(17)19)18-10-8-14(9-11-18)12-13-6-4-3-5-7-13/h3-7,14-15H,2,8-12H2,1H3,(H2,17,19). The Balaban J connectivity index is 1.84. The molecule has 3 nitrogen and oxygen atoms in total. The van der Waals surface area contributed by atoms with Gasteiger partial charge in [-0.1, -0.05) is 37.3 Å². The highest BCUT2D eigenvalue weighted by molar-refractivity contribution is 5.79. The van der Waals surface area contributed by atoms with Crippen LogP contribution < -0.4 is 5.73 Å². The minimum atomic E-state index is -0.177. The number of benzene rings is 1. The van der Waals surface area contributed by atoms with Crippen LogP contribution in [-0.4, -0.2) is 29.9 Å². The van der Waals surface area contributed by atoms with E-state index in [2.05, 4.69) is 35.2 Å². The van der Waals surface area contributed by atoms with Gasteiger partial charge in [0.1, 0.15) is 0 Å². The first-order valence-electron chi connectivity index (χ1n) is 7.28. The Bertz CT molecular complexity index is 396. The fourth-order valence-electron chi connectivity index (χ4n) is 3.06. The summed E-state index contributed by atoms with van der Waals surface area (Å²) < 4.78 is 0. The Kier molecular flexibility index (Phi) is 4.97. The summed E-state index contributed by atoms with van der Waals surface area (Å²) in [5.41, 5.74) is 6.88. The third-order valence-electron chi connectivity index (χ3n) is 4.17. The maximum Gasteiger partial charge on any atom is 0.234 e. The number of amides is 1. The Morgan fingerprint density at radius 2 is 1.95 bits per heavy atom. The van der Waals surface area contributed by atoms with E-state index in [-0.39, 0.29) is 11.9 Å². The number of carbonyl (C=O) groups excluding carboxylic acids is 1. The number of nitrogens with two attached hydrogens (primary N) is 1. The number of likely N-dealkylation sites (tertiary alicyclic amines) is 1. The Morgan fingerprint density at radius 3 is 2.47 bits per heavy atom. The second-order valence-electron chi connectivity index (χ2n) is 5.50. The highest BCUT2D eigenvalue weighted by atomic mass is 16.1. The summed E-state index contributed by atoms with van der Waals surface area (Å²) in [7, 11) is 0. The van der Waals surface area contributed by atoms with E-state index in [1.54, 1.807) is 0 Å². The molecule has 0 aliphatic carbocycles. The van der Waals surface area contributed by atoms with Crippen molar-refractivity contribution in [3.05, 3.63) is 35.9 Å². The monoisotopic (exact) mass is 260 g/mol. The molecule has 3 heteroatoms. The van der Waals surface area contributed by atoms with Gasteiger partial charge in [-0.05, 0) is 50.3 Å². The molecule has 1 heterocycles. The molecule has 0 saturated carbocycles. The topological polar surface area (TPSA) is 46.3 Å².